The summed E-state index contributed by atoms with van der Waals surface area (Å²) in [6.07, 6.45) is 1.82. The second-order valence-corrected chi connectivity index (χ2v) is 4.80. The Labute approximate surface area is 117 Å². The van der Waals surface area contributed by atoms with E-state index < -0.39 is 0 Å². The molecule has 1 aromatic heterocycles. The average molecular weight is 269 g/mol. The molecule has 0 spiro atoms. The van der Waals surface area contributed by atoms with Crippen LogP contribution >= 0.6 is 11.6 Å². The Bertz CT molecular complexity index is 704. The largest absolute Gasteiger partial charge is 0.380 e. The number of hydrogen-bond donors (Lipinski definition) is 1. The highest BCUT2D eigenvalue weighted by Crippen LogP contribution is 2.21. The number of rotatable bonds is 3. The van der Waals surface area contributed by atoms with E-state index in [9.17, 15) is 0 Å². The van der Waals surface area contributed by atoms with Gasteiger partial charge in [-0.3, -0.25) is 4.98 Å². The number of anilines is 1. The van der Waals surface area contributed by atoms with Gasteiger partial charge in [0.15, 0.2) is 0 Å². The predicted octanol–water partition coefficient (Wildman–Crippen LogP) is 4.50. The van der Waals surface area contributed by atoms with Crippen LogP contribution in [0.15, 0.2) is 60.8 Å². The highest BCUT2D eigenvalue weighted by molar-refractivity contribution is 6.30. The maximum absolute atomic E-state index is 5.98. The maximum atomic E-state index is 5.98. The molecule has 0 fully saturated rings. The van der Waals surface area contributed by atoms with E-state index in [1.807, 2.05) is 48.7 Å². The van der Waals surface area contributed by atoms with E-state index in [4.69, 9.17) is 11.6 Å². The lowest BCUT2D eigenvalue weighted by atomic mass is 10.1. The van der Waals surface area contributed by atoms with Gasteiger partial charge in [0, 0.05) is 28.8 Å². The van der Waals surface area contributed by atoms with Crippen LogP contribution in [0, 0.1) is 0 Å². The van der Waals surface area contributed by atoms with Gasteiger partial charge in [0.1, 0.15) is 0 Å². The number of benzene rings is 2. The van der Waals surface area contributed by atoms with Gasteiger partial charge >= 0.3 is 0 Å². The van der Waals surface area contributed by atoms with Crippen LogP contribution in [-0.4, -0.2) is 4.98 Å². The number of nitrogens with one attached hydrogen (secondary N) is 1. The van der Waals surface area contributed by atoms with Gasteiger partial charge in [0.2, 0.25) is 0 Å². The molecule has 0 aliphatic rings. The normalized spacial score (nSPS) is 10.6. The highest BCUT2D eigenvalue weighted by Gasteiger charge is 2.01. The minimum absolute atomic E-state index is 0.745. The Balaban J connectivity index is 1.86. The minimum atomic E-state index is 0.745. The smallest absolute Gasteiger partial charge is 0.0722 e. The number of pyridine rings is 1. The standard InChI is InChI=1S/C16H13ClN2/c17-13-5-3-4-12(10-13)11-19-16-8-9-18-15-7-2-1-6-14(15)16/h1-10H,11H2,(H,18,19). The first-order valence-corrected chi connectivity index (χ1v) is 6.53. The molecule has 3 aromatic rings. The van der Waals surface area contributed by atoms with Gasteiger partial charge in [-0.25, -0.2) is 0 Å². The molecule has 0 radical (unpaired) electrons. The molecule has 19 heavy (non-hydrogen) atoms. The Morgan fingerprint density at radius 3 is 2.79 bits per heavy atom. The fourth-order valence-electron chi connectivity index (χ4n) is 2.09. The van der Waals surface area contributed by atoms with E-state index in [1.54, 1.807) is 0 Å². The van der Waals surface area contributed by atoms with Gasteiger partial charge in [-0.2, -0.15) is 0 Å². The molecule has 0 unspecified atom stereocenters. The second kappa shape index (κ2) is 5.29. The van der Waals surface area contributed by atoms with Crippen LogP contribution in [0.25, 0.3) is 10.9 Å². The lowest BCUT2D eigenvalue weighted by Gasteiger charge is -2.09. The highest BCUT2D eigenvalue weighted by atomic mass is 35.5. The van der Waals surface area contributed by atoms with E-state index in [-0.39, 0.29) is 0 Å². The SMILES string of the molecule is Clc1cccc(CNc2ccnc3ccccc23)c1. The summed E-state index contributed by atoms with van der Waals surface area (Å²) in [6.45, 7) is 0.745. The summed E-state index contributed by atoms with van der Waals surface area (Å²) < 4.78 is 0. The summed E-state index contributed by atoms with van der Waals surface area (Å²) in [5.74, 6) is 0. The Morgan fingerprint density at radius 1 is 1.00 bits per heavy atom. The number of aromatic nitrogens is 1. The molecule has 94 valence electrons. The molecule has 0 saturated carbocycles. The Morgan fingerprint density at radius 2 is 1.89 bits per heavy atom. The molecule has 0 aliphatic heterocycles. The van der Waals surface area contributed by atoms with Crippen molar-refractivity contribution in [1.29, 1.82) is 0 Å². The zero-order chi connectivity index (χ0) is 13.1. The molecule has 2 aromatic carbocycles. The fraction of sp³-hybridized carbons (Fsp3) is 0.0625. The maximum Gasteiger partial charge on any atom is 0.0722 e. The Kier molecular flexibility index (Phi) is 3.34. The molecule has 0 atom stereocenters. The number of nitrogens with zero attached hydrogens (tertiary/aromatic N) is 1. The molecule has 1 N–H and O–H groups in total. The summed E-state index contributed by atoms with van der Waals surface area (Å²) >= 11 is 5.98. The number of hydrogen-bond acceptors (Lipinski definition) is 2. The van der Waals surface area contributed by atoms with Crippen molar-refractivity contribution in [2.45, 2.75) is 6.54 Å². The van der Waals surface area contributed by atoms with Crippen molar-refractivity contribution in [3.8, 4) is 0 Å². The first-order chi connectivity index (χ1) is 9.33. The van der Waals surface area contributed by atoms with Gasteiger partial charge in [-0.05, 0) is 29.8 Å². The third kappa shape index (κ3) is 2.69. The summed E-state index contributed by atoms with van der Waals surface area (Å²) in [6, 6.07) is 18.0. The van der Waals surface area contributed by atoms with Crippen LogP contribution in [0.2, 0.25) is 5.02 Å². The summed E-state index contributed by atoms with van der Waals surface area (Å²) in [4.78, 5) is 4.35. The van der Waals surface area contributed by atoms with E-state index in [0.29, 0.717) is 0 Å². The summed E-state index contributed by atoms with van der Waals surface area (Å²) in [5, 5.41) is 5.33. The quantitative estimate of drug-likeness (QED) is 0.756. The van der Waals surface area contributed by atoms with Crippen LogP contribution in [0.1, 0.15) is 5.56 Å². The fourth-order valence-corrected chi connectivity index (χ4v) is 2.31. The summed E-state index contributed by atoms with van der Waals surface area (Å²) in [5.41, 5.74) is 3.25. The van der Waals surface area contributed by atoms with Gasteiger partial charge in [0.25, 0.3) is 0 Å². The first kappa shape index (κ1) is 12.0. The number of para-hydroxylation sites is 1. The summed E-state index contributed by atoms with van der Waals surface area (Å²) in [7, 11) is 0. The molecule has 0 aliphatic carbocycles. The van der Waals surface area contributed by atoms with Crippen molar-refractivity contribution in [3.63, 3.8) is 0 Å². The van der Waals surface area contributed by atoms with Gasteiger partial charge in [-0.1, -0.05) is 41.9 Å². The van der Waals surface area contributed by atoms with Gasteiger partial charge in [-0.15, -0.1) is 0 Å². The van der Waals surface area contributed by atoms with Crippen molar-refractivity contribution in [2.75, 3.05) is 5.32 Å². The van der Waals surface area contributed by atoms with Crippen LogP contribution in [0.5, 0.6) is 0 Å². The molecule has 1 heterocycles. The lowest BCUT2D eigenvalue weighted by molar-refractivity contribution is 1.15. The molecule has 0 bridgehead atoms. The van der Waals surface area contributed by atoms with E-state index >= 15 is 0 Å². The molecule has 0 amide bonds. The molecule has 0 saturated heterocycles. The molecule has 2 nitrogen and oxygen atoms in total. The molecule has 3 rings (SSSR count). The van der Waals surface area contributed by atoms with E-state index in [0.717, 1.165) is 33.7 Å². The average Bonchev–Trinajstić information content (AvgIpc) is 2.45. The first-order valence-electron chi connectivity index (χ1n) is 6.15. The van der Waals surface area contributed by atoms with Crippen molar-refractivity contribution in [3.05, 3.63) is 71.4 Å². The topological polar surface area (TPSA) is 24.9 Å². The molecular formula is C16H13ClN2. The third-order valence-corrected chi connectivity index (χ3v) is 3.26. The molecular weight excluding hydrogens is 256 g/mol. The molecule has 3 heteroatoms. The van der Waals surface area contributed by atoms with Crippen molar-refractivity contribution in [1.82, 2.24) is 4.98 Å². The number of fused-ring (bicyclic) bond motifs is 1. The lowest BCUT2D eigenvalue weighted by Crippen LogP contribution is -2.00. The predicted molar refractivity (Wildman–Crippen MR) is 80.5 cm³/mol. The van der Waals surface area contributed by atoms with Crippen molar-refractivity contribution < 1.29 is 0 Å². The van der Waals surface area contributed by atoms with Gasteiger partial charge < -0.3 is 5.32 Å². The van der Waals surface area contributed by atoms with Crippen LogP contribution in [-0.2, 0) is 6.54 Å². The van der Waals surface area contributed by atoms with Gasteiger partial charge in [0.05, 0.1) is 5.52 Å². The zero-order valence-electron chi connectivity index (χ0n) is 10.3. The number of halogens is 1. The Hall–Kier alpha value is -2.06. The van der Waals surface area contributed by atoms with E-state index in [2.05, 4.69) is 22.4 Å². The van der Waals surface area contributed by atoms with Crippen molar-refractivity contribution >= 4 is 28.2 Å². The van der Waals surface area contributed by atoms with Crippen LogP contribution in [0.4, 0.5) is 5.69 Å². The minimum Gasteiger partial charge on any atom is -0.380 e. The van der Waals surface area contributed by atoms with Crippen molar-refractivity contribution in [2.24, 2.45) is 0 Å². The second-order valence-electron chi connectivity index (χ2n) is 4.36. The van der Waals surface area contributed by atoms with E-state index in [1.165, 1.54) is 0 Å². The third-order valence-electron chi connectivity index (χ3n) is 3.02. The van der Waals surface area contributed by atoms with Crippen LogP contribution < -0.4 is 5.32 Å². The van der Waals surface area contributed by atoms with Crippen LogP contribution in [0.3, 0.4) is 0 Å². The zero-order valence-corrected chi connectivity index (χ0v) is 11.1. The monoisotopic (exact) mass is 268 g/mol.